The molecule has 6 heteroatoms. The number of hydrogen-bond donors (Lipinski definition) is 4. The van der Waals surface area contributed by atoms with Crippen LogP contribution in [0.3, 0.4) is 0 Å². The van der Waals surface area contributed by atoms with Gasteiger partial charge in [0.15, 0.2) is 0 Å². The molecule has 0 aromatic heterocycles. The summed E-state index contributed by atoms with van der Waals surface area (Å²) in [6.07, 6.45) is 3.77. The third kappa shape index (κ3) is 11.0. The summed E-state index contributed by atoms with van der Waals surface area (Å²) in [7, 11) is 0. The van der Waals surface area contributed by atoms with Crippen molar-refractivity contribution in [2.24, 2.45) is 0 Å². The average molecular weight is 313 g/mol. The van der Waals surface area contributed by atoms with Crippen molar-refractivity contribution in [3.63, 3.8) is 0 Å². The van der Waals surface area contributed by atoms with Gasteiger partial charge >= 0.3 is 0 Å². The summed E-state index contributed by atoms with van der Waals surface area (Å²) in [5.41, 5.74) is 0. The Balaban J connectivity index is 2.12. The molecule has 0 bridgehead atoms. The van der Waals surface area contributed by atoms with Crippen LogP contribution in [0.4, 0.5) is 0 Å². The molecule has 0 aromatic rings. The number of nitrogens with one attached hydrogen (secondary N) is 4. The van der Waals surface area contributed by atoms with E-state index < -0.39 is 0 Å². The molecule has 1 fully saturated rings. The SMILES string of the molecule is CCCCC(=O)NCCCN1CCNCCNCCNCC1. The maximum atomic E-state index is 11.6. The van der Waals surface area contributed by atoms with Crippen molar-refractivity contribution in [2.75, 3.05) is 65.4 Å². The molecule has 1 saturated heterocycles. The van der Waals surface area contributed by atoms with Crippen LogP contribution in [0.5, 0.6) is 0 Å². The molecule has 1 aliphatic heterocycles. The third-order valence-corrected chi connectivity index (χ3v) is 3.90. The van der Waals surface area contributed by atoms with Crippen LogP contribution in [0, 0.1) is 0 Å². The molecule has 0 saturated carbocycles. The van der Waals surface area contributed by atoms with Crippen LogP contribution in [-0.2, 0) is 4.79 Å². The molecular weight excluding hydrogens is 278 g/mol. The Hall–Kier alpha value is -0.690. The lowest BCUT2D eigenvalue weighted by molar-refractivity contribution is -0.121. The van der Waals surface area contributed by atoms with Crippen molar-refractivity contribution in [3.05, 3.63) is 0 Å². The van der Waals surface area contributed by atoms with E-state index in [9.17, 15) is 4.79 Å². The van der Waals surface area contributed by atoms with E-state index in [-0.39, 0.29) is 5.91 Å². The molecule has 1 heterocycles. The van der Waals surface area contributed by atoms with Crippen LogP contribution in [0.1, 0.15) is 32.6 Å². The molecule has 0 radical (unpaired) electrons. The fourth-order valence-electron chi connectivity index (χ4n) is 2.49. The Labute approximate surface area is 135 Å². The number of carbonyl (C=O) groups excluding carboxylic acids is 1. The zero-order chi connectivity index (χ0) is 15.9. The van der Waals surface area contributed by atoms with E-state index in [0.29, 0.717) is 6.42 Å². The number of rotatable bonds is 7. The van der Waals surface area contributed by atoms with E-state index in [1.54, 1.807) is 0 Å². The maximum Gasteiger partial charge on any atom is 0.219 e. The lowest BCUT2D eigenvalue weighted by atomic mass is 10.2. The molecule has 6 nitrogen and oxygen atoms in total. The summed E-state index contributed by atoms with van der Waals surface area (Å²) < 4.78 is 0. The first-order chi connectivity index (χ1) is 10.8. The Bertz CT molecular complexity index is 263. The minimum Gasteiger partial charge on any atom is -0.356 e. The summed E-state index contributed by atoms with van der Waals surface area (Å²) in [5.74, 6) is 0.200. The Morgan fingerprint density at radius 3 is 2.14 bits per heavy atom. The molecule has 1 aliphatic rings. The molecular formula is C16H35N5O. The van der Waals surface area contributed by atoms with Gasteiger partial charge in [-0.25, -0.2) is 0 Å². The Morgan fingerprint density at radius 2 is 1.55 bits per heavy atom. The lowest BCUT2D eigenvalue weighted by Gasteiger charge is -2.23. The van der Waals surface area contributed by atoms with Crippen LogP contribution < -0.4 is 21.3 Å². The normalized spacial score (nSPS) is 19.1. The van der Waals surface area contributed by atoms with Gasteiger partial charge < -0.3 is 26.2 Å². The maximum absolute atomic E-state index is 11.6. The van der Waals surface area contributed by atoms with Gasteiger partial charge in [-0.2, -0.15) is 0 Å². The van der Waals surface area contributed by atoms with Gasteiger partial charge in [-0.15, -0.1) is 0 Å². The van der Waals surface area contributed by atoms with Gasteiger partial charge in [-0.1, -0.05) is 13.3 Å². The highest BCUT2D eigenvalue weighted by atomic mass is 16.1. The minimum atomic E-state index is 0.200. The van der Waals surface area contributed by atoms with Gasteiger partial charge in [0.1, 0.15) is 0 Å². The number of nitrogens with zero attached hydrogens (tertiary/aromatic N) is 1. The average Bonchev–Trinajstić information content (AvgIpc) is 2.51. The molecule has 130 valence electrons. The van der Waals surface area contributed by atoms with Crippen LogP contribution in [0.2, 0.25) is 0 Å². The van der Waals surface area contributed by atoms with Crippen molar-refractivity contribution in [3.8, 4) is 0 Å². The first-order valence-electron chi connectivity index (χ1n) is 8.94. The number of amides is 1. The van der Waals surface area contributed by atoms with E-state index in [1.165, 1.54) is 0 Å². The molecule has 1 amide bonds. The number of carbonyl (C=O) groups is 1. The predicted molar refractivity (Wildman–Crippen MR) is 92.2 cm³/mol. The zero-order valence-electron chi connectivity index (χ0n) is 14.3. The van der Waals surface area contributed by atoms with Crippen LogP contribution in [0.15, 0.2) is 0 Å². The van der Waals surface area contributed by atoms with Gasteiger partial charge in [0.05, 0.1) is 0 Å². The standard InChI is InChI=1S/C16H35N5O/c1-2-3-5-16(22)20-6-4-13-21-14-11-18-9-7-17-8-10-19-12-15-21/h17-19H,2-15H2,1H3,(H,20,22). The van der Waals surface area contributed by atoms with Crippen LogP contribution in [-0.4, -0.2) is 76.3 Å². The molecule has 0 unspecified atom stereocenters. The highest BCUT2D eigenvalue weighted by Gasteiger charge is 2.06. The second-order valence-corrected chi connectivity index (χ2v) is 5.90. The van der Waals surface area contributed by atoms with E-state index in [2.05, 4.69) is 33.1 Å². The van der Waals surface area contributed by atoms with E-state index in [1.807, 2.05) is 0 Å². The monoisotopic (exact) mass is 313 g/mol. The third-order valence-electron chi connectivity index (χ3n) is 3.90. The van der Waals surface area contributed by atoms with Gasteiger partial charge in [-0.3, -0.25) is 4.79 Å². The largest absolute Gasteiger partial charge is 0.356 e. The van der Waals surface area contributed by atoms with Crippen LogP contribution in [0.25, 0.3) is 0 Å². The fourth-order valence-corrected chi connectivity index (χ4v) is 2.49. The van der Waals surface area contributed by atoms with E-state index >= 15 is 0 Å². The molecule has 0 spiro atoms. The zero-order valence-corrected chi connectivity index (χ0v) is 14.3. The van der Waals surface area contributed by atoms with E-state index in [0.717, 1.165) is 84.7 Å². The predicted octanol–water partition coefficient (Wildman–Crippen LogP) is -0.233. The second kappa shape index (κ2) is 13.9. The molecule has 22 heavy (non-hydrogen) atoms. The highest BCUT2D eigenvalue weighted by Crippen LogP contribution is 1.94. The quantitative estimate of drug-likeness (QED) is 0.489. The fraction of sp³-hybridized carbons (Fsp3) is 0.938. The Kier molecular flexibility index (Phi) is 12.3. The summed E-state index contributed by atoms with van der Waals surface area (Å²) in [6, 6.07) is 0. The topological polar surface area (TPSA) is 68.4 Å². The van der Waals surface area contributed by atoms with Crippen molar-refractivity contribution in [1.29, 1.82) is 0 Å². The summed E-state index contributed by atoms with van der Waals surface area (Å²) in [6.45, 7) is 12.3. The molecule has 0 aliphatic carbocycles. The van der Waals surface area contributed by atoms with Gasteiger partial charge in [0.25, 0.3) is 0 Å². The highest BCUT2D eigenvalue weighted by molar-refractivity contribution is 5.75. The molecule has 0 atom stereocenters. The van der Waals surface area contributed by atoms with Crippen LogP contribution >= 0.6 is 0 Å². The van der Waals surface area contributed by atoms with Gasteiger partial charge in [-0.05, 0) is 19.4 Å². The smallest absolute Gasteiger partial charge is 0.219 e. The second-order valence-electron chi connectivity index (χ2n) is 5.90. The number of unbranched alkanes of at least 4 members (excludes halogenated alkanes) is 1. The first kappa shape index (κ1) is 19.4. The molecule has 1 rings (SSSR count). The van der Waals surface area contributed by atoms with Gasteiger partial charge in [0, 0.05) is 65.3 Å². The Morgan fingerprint density at radius 1 is 0.955 bits per heavy atom. The lowest BCUT2D eigenvalue weighted by Crippen LogP contribution is -2.42. The summed E-state index contributed by atoms with van der Waals surface area (Å²) >= 11 is 0. The summed E-state index contributed by atoms with van der Waals surface area (Å²) in [5, 5.41) is 13.4. The first-order valence-corrected chi connectivity index (χ1v) is 8.94. The number of hydrogen-bond acceptors (Lipinski definition) is 5. The van der Waals surface area contributed by atoms with Crippen molar-refractivity contribution in [2.45, 2.75) is 32.6 Å². The van der Waals surface area contributed by atoms with Crippen molar-refractivity contribution >= 4 is 5.91 Å². The van der Waals surface area contributed by atoms with Crippen molar-refractivity contribution in [1.82, 2.24) is 26.2 Å². The molecule has 0 aromatic carbocycles. The van der Waals surface area contributed by atoms with Crippen molar-refractivity contribution < 1.29 is 4.79 Å². The van der Waals surface area contributed by atoms with Gasteiger partial charge in [0.2, 0.25) is 5.91 Å². The van der Waals surface area contributed by atoms with E-state index in [4.69, 9.17) is 0 Å². The summed E-state index contributed by atoms with van der Waals surface area (Å²) in [4.78, 5) is 14.0. The molecule has 4 N–H and O–H groups in total. The minimum absolute atomic E-state index is 0.200.